The molecule has 7 nitrogen and oxygen atoms in total. The highest BCUT2D eigenvalue weighted by Gasteiger charge is 2.36. The summed E-state index contributed by atoms with van der Waals surface area (Å²) >= 11 is 0. The Morgan fingerprint density at radius 3 is 2.56 bits per heavy atom. The van der Waals surface area contributed by atoms with Gasteiger partial charge < -0.3 is 19.7 Å². The number of hydrogen-bond donors (Lipinski definition) is 1. The molecular formula is C25H24N2O5. The van der Waals surface area contributed by atoms with E-state index in [1.165, 1.54) is 0 Å². The van der Waals surface area contributed by atoms with Gasteiger partial charge in [0.05, 0.1) is 18.2 Å². The van der Waals surface area contributed by atoms with Gasteiger partial charge in [-0.25, -0.2) is 0 Å². The van der Waals surface area contributed by atoms with Crippen LogP contribution in [0.25, 0.3) is 10.8 Å². The summed E-state index contributed by atoms with van der Waals surface area (Å²) in [4.78, 5) is 38.9. The Kier molecular flexibility index (Phi) is 6.35. The Hall–Kier alpha value is -3.87. The number of amides is 2. The Bertz CT molecular complexity index is 1140. The standard InChI is InChI=1S/C25H24N2O5/c1-2-31-20-12-10-19(11-13-20)26-23(28)16-32-25(30)18-14-24(29)27(15-18)22-9-5-7-17-6-3-4-8-21(17)22/h3-13,18H,2,14-16H2,1H3,(H,26,28)/t18-/m0/s1. The number of fused-ring (bicyclic) bond motifs is 1. The molecule has 1 aliphatic heterocycles. The molecule has 0 bridgehead atoms. The summed E-state index contributed by atoms with van der Waals surface area (Å²) in [7, 11) is 0. The second kappa shape index (κ2) is 9.51. The summed E-state index contributed by atoms with van der Waals surface area (Å²) in [6, 6.07) is 20.5. The Balaban J connectivity index is 1.33. The van der Waals surface area contributed by atoms with E-state index in [0.717, 1.165) is 16.5 Å². The first-order valence-corrected chi connectivity index (χ1v) is 10.5. The van der Waals surface area contributed by atoms with Crippen LogP contribution in [0.1, 0.15) is 13.3 Å². The highest BCUT2D eigenvalue weighted by molar-refractivity contribution is 6.06. The molecule has 0 unspecified atom stereocenters. The zero-order valence-corrected chi connectivity index (χ0v) is 17.7. The maximum atomic E-state index is 12.6. The molecule has 0 aromatic heterocycles. The van der Waals surface area contributed by atoms with Crippen molar-refractivity contribution in [2.75, 3.05) is 30.0 Å². The second-order valence-corrected chi connectivity index (χ2v) is 7.52. The maximum absolute atomic E-state index is 12.6. The molecule has 7 heteroatoms. The van der Waals surface area contributed by atoms with Crippen LogP contribution in [0.15, 0.2) is 66.7 Å². The van der Waals surface area contributed by atoms with E-state index in [4.69, 9.17) is 9.47 Å². The first kappa shape index (κ1) is 21.4. The quantitative estimate of drug-likeness (QED) is 0.575. The number of benzene rings is 3. The summed E-state index contributed by atoms with van der Waals surface area (Å²) in [6.45, 7) is 2.27. The van der Waals surface area contributed by atoms with Crippen molar-refractivity contribution in [3.8, 4) is 5.75 Å². The number of anilines is 2. The van der Waals surface area contributed by atoms with Crippen LogP contribution in [-0.2, 0) is 19.1 Å². The number of rotatable bonds is 7. The molecule has 1 saturated heterocycles. The van der Waals surface area contributed by atoms with Crippen molar-refractivity contribution in [2.24, 2.45) is 5.92 Å². The van der Waals surface area contributed by atoms with Gasteiger partial charge in [0.25, 0.3) is 5.91 Å². The Labute approximate surface area is 185 Å². The molecule has 32 heavy (non-hydrogen) atoms. The largest absolute Gasteiger partial charge is 0.494 e. The van der Waals surface area contributed by atoms with Gasteiger partial charge in [-0.3, -0.25) is 14.4 Å². The van der Waals surface area contributed by atoms with Crippen LogP contribution >= 0.6 is 0 Å². The van der Waals surface area contributed by atoms with Gasteiger partial charge in [0.15, 0.2) is 6.61 Å². The Morgan fingerprint density at radius 1 is 1.03 bits per heavy atom. The van der Waals surface area contributed by atoms with Crippen LogP contribution in [0.4, 0.5) is 11.4 Å². The highest BCUT2D eigenvalue weighted by atomic mass is 16.5. The molecule has 3 aromatic rings. The topological polar surface area (TPSA) is 84.9 Å². The van der Waals surface area contributed by atoms with Crippen LogP contribution in [0, 0.1) is 5.92 Å². The molecule has 1 heterocycles. The predicted octanol–water partition coefficient (Wildman–Crippen LogP) is 3.77. The van der Waals surface area contributed by atoms with E-state index in [0.29, 0.717) is 18.0 Å². The van der Waals surface area contributed by atoms with Crippen molar-refractivity contribution in [3.63, 3.8) is 0 Å². The van der Waals surface area contributed by atoms with Gasteiger partial charge >= 0.3 is 5.97 Å². The van der Waals surface area contributed by atoms with E-state index in [-0.39, 0.29) is 18.9 Å². The second-order valence-electron chi connectivity index (χ2n) is 7.52. The van der Waals surface area contributed by atoms with E-state index >= 15 is 0 Å². The van der Waals surface area contributed by atoms with Crippen molar-refractivity contribution < 1.29 is 23.9 Å². The van der Waals surface area contributed by atoms with Gasteiger partial charge in [0.1, 0.15) is 5.75 Å². The van der Waals surface area contributed by atoms with Crippen LogP contribution in [-0.4, -0.2) is 37.5 Å². The van der Waals surface area contributed by atoms with E-state index in [1.54, 1.807) is 29.2 Å². The lowest BCUT2D eigenvalue weighted by Crippen LogP contribution is -2.28. The van der Waals surface area contributed by atoms with Crippen LogP contribution in [0.2, 0.25) is 0 Å². The number of nitrogens with one attached hydrogen (secondary N) is 1. The monoisotopic (exact) mass is 432 g/mol. The number of esters is 1. The zero-order valence-electron chi connectivity index (χ0n) is 17.7. The minimum atomic E-state index is -0.611. The molecule has 2 amide bonds. The van der Waals surface area contributed by atoms with Crippen LogP contribution in [0.5, 0.6) is 5.75 Å². The smallest absolute Gasteiger partial charge is 0.311 e. The van der Waals surface area contributed by atoms with Gasteiger partial charge in [-0.15, -0.1) is 0 Å². The normalized spacial score (nSPS) is 15.6. The maximum Gasteiger partial charge on any atom is 0.311 e. The van der Waals surface area contributed by atoms with E-state index in [9.17, 15) is 14.4 Å². The minimum absolute atomic E-state index is 0.0581. The third-order valence-electron chi connectivity index (χ3n) is 5.31. The van der Waals surface area contributed by atoms with E-state index in [2.05, 4.69) is 5.32 Å². The van der Waals surface area contributed by atoms with Crippen molar-refractivity contribution in [1.29, 1.82) is 0 Å². The van der Waals surface area contributed by atoms with Gasteiger partial charge in [-0.1, -0.05) is 36.4 Å². The SMILES string of the molecule is CCOc1ccc(NC(=O)COC(=O)[C@H]2CC(=O)N(c3cccc4ccccc34)C2)cc1. The van der Waals surface area contributed by atoms with Gasteiger partial charge in [-0.2, -0.15) is 0 Å². The lowest BCUT2D eigenvalue weighted by Gasteiger charge is -2.18. The molecule has 1 fully saturated rings. The van der Waals surface area contributed by atoms with Gasteiger partial charge in [-0.05, 0) is 42.6 Å². The molecule has 0 spiro atoms. The Morgan fingerprint density at radius 2 is 1.78 bits per heavy atom. The number of carbonyl (C=O) groups excluding carboxylic acids is 3. The molecule has 1 aliphatic rings. The van der Waals surface area contributed by atoms with Crippen molar-refractivity contribution >= 4 is 39.9 Å². The molecule has 3 aromatic carbocycles. The molecule has 0 aliphatic carbocycles. The fourth-order valence-electron chi connectivity index (χ4n) is 3.79. The van der Waals surface area contributed by atoms with E-state index < -0.39 is 24.4 Å². The number of carbonyl (C=O) groups is 3. The molecule has 1 N–H and O–H groups in total. The highest BCUT2D eigenvalue weighted by Crippen LogP contribution is 2.32. The average Bonchev–Trinajstić information content (AvgIpc) is 3.20. The molecule has 4 rings (SSSR count). The van der Waals surface area contributed by atoms with Crippen molar-refractivity contribution in [2.45, 2.75) is 13.3 Å². The number of nitrogens with zero attached hydrogens (tertiary/aromatic N) is 1. The van der Waals surface area contributed by atoms with Crippen LogP contribution < -0.4 is 15.0 Å². The first-order valence-electron chi connectivity index (χ1n) is 10.5. The number of ether oxygens (including phenoxy) is 2. The zero-order chi connectivity index (χ0) is 22.5. The third-order valence-corrected chi connectivity index (χ3v) is 5.31. The predicted molar refractivity (Wildman–Crippen MR) is 122 cm³/mol. The third kappa shape index (κ3) is 4.72. The fourth-order valence-corrected chi connectivity index (χ4v) is 3.79. The fraction of sp³-hybridized carbons (Fsp3) is 0.240. The number of hydrogen-bond acceptors (Lipinski definition) is 5. The summed E-state index contributed by atoms with van der Waals surface area (Å²) in [6.07, 6.45) is 0.0581. The lowest BCUT2D eigenvalue weighted by molar-refractivity contribution is -0.151. The molecule has 1 atom stereocenters. The molecule has 0 radical (unpaired) electrons. The summed E-state index contributed by atoms with van der Waals surface area (Å²) in [5.74, 6) is -1.04. The van der Waals surface area contributed by atoms with Gasteiger partial charge in [0.2, 0.25) is 5.91 Å². The molecule has 164 valence electrons. The summed E-state index contributed by atoms with van der Waals surface area (Å²) < 4.78 is 10.5. The first-order chi connectivity index (χ1) is 15.5. The van der Waals surface area contributed by atoms with E-state index in [1.807, 2.05) is 49.4 Å². The molecular weight excluding hydrogens is 408 g/mol. The molecule has 0 saturated carbocycles. The lowest BCUT2D eigenvalue weighted by atomic mass is 10.1. The minimum Gasteiger partial charge on any atom is -0.494 e. The van der Waals surface area contributed by atoms with Crippen molar-refractivity contribution in [3.05, 3.63) is 66.7 Å². The van der Waals surface area contributed by atoms with Gasteiger partial charge in [0, 0.05) is 24.0 Å². The summed E-state index contributed by atoms with van der Waals surface area (Å²) in [5.41, 5.74) is 1.35. The average molecular weight is 432 g/mol. The summed E-state index contributed by atoms with van der Waals surface area (Å²) in [5, 5.41) is 4.65. The van der Waals surface area contributed by atoms with Crippen LogP contribution in [0.3, 0.4) is 0 Å². The van der Waals surface area contributed by atoms with Crippen molar-refractivity contribution in [1.82, 2.24) is 0 Å².